The summed E-state index contributed by atoms with van der Waals surface area (Å²) < 4.78 is 26.7. The predicted octanol–water partition coefficient (Wildman–Crippen LogP) is 3.24. The molecular formula is C20H23N3O2S. The first kappa shape index (κ1) is 17.3. The lowest BCUT2D eigenvalue weighted by atomic mass is 10.1. The summed E-state index contributed by atoms with van der Waals surface area (Å²) in [6.45, 7) is 2.74. The van der Waals surface area contributed by atoms with E-state index in [-0.39, 0.29) is 0 Å². The second-order valence-electron chi connectivity index (χ2n) is 6.71. The van der Waals surface area contributed by atoms with Gasteiger partial charge in [0.05, 0.1) is 4.90 Å². The molecule has 1 saturated heterocycles. The molecule has 0 bridgehead atoms. The molecular weight excluding hydrogens is 346 g/mol. The monoisotopic (exact) mass is 369 g/mol. The Morgan fingerprint density at radius 3 is 2.50 bits per heavy atom. The van der Waals surface area contributed by atoms with E-state index in [4.69, 9.17) is 0 Å². The van der Waals surface area contributed by atoms with Crippen molar-refractivity contribution in [3.63, 3.8) is 0 Å². The van der Waals surface area contributed by atoms with E-state index < -0.39 is 10.0 Å². The number of nitrogens with zero attached hydrogens (tertiary/aromatic N) is 1. The lowest BCUT2D eigenvalue weighted by molar-refractivity contribution is 0.477. The van der Waals surface area contributed by atoms with Crippen LogP contribution in [0.3, 0.4) is 0 Å². The Morgan fingerprint density at radius 2 is 1.73 bits per heavy atom. The maximum Gasteiger partial charge on any atom is 0.243 e. The molecule has 3 aromatic rings. The fourth-order valence-corrected chi connectivity index (χ4v) is 5.02. The molecule has 4 rings (SSSR count). The van der Waals surface area contributed by atoms with Crippen molar-refractivity contribution in [2.45, 2.75) is 30.8 Å². The summed E-state index contributed by atoms with van der Waals surface area (Å²) in [6.07, 6.45) is 3.86. The van der Waals surface area contributed by atoms with E-state index >= 15 is 0 Å². The first-order valence-electron chi connectivity index (χ1n) is 8.99. The van der Waals surface area contributed by atoms with Gasteiger partial charge in [-0.1, -0.05) is 24.3 Å². The Morgan fingerprint density at radius 1 is 0.962 bits per heavy atom. The van der Waals surface area contributed by atoms with Gasteiger partial charge in [-0.05, 0) is 48.2 Å². The van der Waals surface area contributed by atoms with E-state index in [0.29, 0.717) is 24.5 Å². The van der Waals surface area contributed by atoms with Crippen LogP contribution in [0, 0.1) is 0 Å². The van der Waals surface area contributed by atoms with Crippen molar-refractivity contribution in [3.8, 4) is 0 Å². The van der Waals surface area contributed by atoms with Gasteiger partial charge < -0.3 is 10.3 Å². The summed E-state index contributed by atoms with van der Waals surface area (Å²) in [5.74, 6) is 0. The molecule has 1 aromatic heterocycles. The van der Waals surface area contributed by atoms with Gasteiger partial charge in [0.25, 0.3) is 0 Å². The molecule has 136 valence electrons. The lowest BCUT2D eigenvalue weighted by Crippen LogP contribution is -2.27. The molecule has 1 aliphatic rings. The number of sulfonamides is 1. The maximum absolute atomic E-state index is 12.6. The first-order valence-corrected chi connectivity index (χ1v) is 10.4. The van der Waals surface area contributed by atoms with Crippen LogP contribution in [0.2, 0.25) is 0 Å². The summed E-state index contributed by atoms with van der Waals surface area (Å²) >= 11 is 0. The normalized spacial score (nSPS) is 15.7. The van der Waals surface area contributed by atoms with Crippen LogP contribution in [0.1, 0.15) is 24.0 Å². The zero-order valence-electron chi connectivity index (χ0n) is 14.6. The molecule has 2 aromatic carbocycles. The van der Waals surface area contributed by atoms with E-state index in [1.165, 1.54) is 10.9 Å². The molecule has 0 atom stereocenters. The number of aromatic nitrogens is 1. The molecule has 0 spiro atoms. The van der Waals surface area contributed by atoms with E-state index in [9.17, 15) is 8.42 Å². The third-order valence-corrected chi connectivity index (χ3v) is 6.87. The van der Waals surface area contributed by atoms with Crippen LogP contribution < -0.4 is 5.32 Å². The summed E-state index contributed by atoms with van der Waals surface area (Å²) in [5.41, 5.74) is 3.46. The molecule has 0 aliphatic carbocycles. The van der Waals surface area contributed by atoms with Crippen molar-refractivity contribution in [2.75, 3.05) is 13.1 Å². The van der Waals surface area contributed by atoms with Crippen LogP contribution in [-0.2, 0) is 23.1 Å². The number of H-pyrrole nitrogens is 1. The van der Waals surface area contributed by atoms with Crippen LogP contribution in [0.4, 0.5) is 0 Å². The minimum absolute atomic E-state index is 0.389. The molecule has 0 unspecified atom stereocenters. The maximum atomic E-state index is 12.6. The third-order valence-electron chi connectivity index (χ3n) is 4.96. The Balaban J connectivity index is 1.39. The molecule has 1 aliphatic heterocycles. The van der Waals surface area contributed by atoms with Crippen molar-refractivity contribution in [1.29, 1.82) is 0 Å². The predicted molar refractivity (Wildman–Crippen MR) is 103 cm³/mol. The third kappa shape index (κ3) is 3.40. The summed E-state index contributed by atoms with van der Waals surface area (Å²) in [6, 6.07) is 15.6. The second kappa shape index (κ2) is 7.23. The van der Waals surface area contributed by atoms with E-state index in [1.54, 1.807) is 16.4 Å². The molecule has 2 N–H and O–H groups in total. The van der Waals surface area contributed by atoms with Crippen molar-refractivity contribution >= 4 is 20.9 Å². The van der Waals surface area contributed by atoms with Gasteiger partial charge in [-0.25, -0.2) is 8.42 Å². The van der Waals surface area contributed by atoms with Gasteiger partial charge >= 0.3 is 0 Å². The smallest absolute Gasteiger partial charge is 0.243 e. The van der Waals surface area contributed by atoms with Gasteiger partial charge in [0.15, 0.2) is 0 Å². The van der Waals surface area contributed by atoms with Gasteiger partial charge in [-0.3, -0.25) is 0 Å². The standard InChI is InChI=1S/C20H23N3O2S/c24-26(25,23-12-1-2-13-23)18-8-6-16(7-9-18)14-21-15-17-4-3-5-20-19(17)10-11-22-20/h3-11,21-22H,1-2,12-15H2. The van der Waals surface area contributed by atoms with Crippen molar-refractivity contribution in [3.05, 3.63) is 65.9 Å². The summed E-state index contributed by atoms with van der Waals surface area (Å²) in [7, 11) is -3.33. The molecule has 0 amide bonds. The fraction of sp³-hybridized carbons (Fsp3) is 0.300. The van der Waals surface area contributed by atoms with Crippen LogP contribution in [0.5, 0.6) is 0 Å². The van der Waals surface area contributed by atoms with Crippen molar-refractivity contribution in [1.82, 2.24) is 14.6 Å². The summed E-state index contributed by atoms with van der Waals surface area (Å²) in [5, 5.41) is 4.67. The Labute approximate surface area is 154 Å². The molecule has 1 fully saturated rings. The topological polar surface area (TPSA) is 65.2 Å². The number of hydrogen-bond acceptors (Lipinski definition) is 3. The van der Waals surface area contributed by atoms with Crippen molar-refractivity contribution in [2.24, 2.45) is 0 Å². The molecule has 0 radical (unpaired) electrons. The van der Waals surface area contributed by atoms with Crippen LogP contribution in [0.15, 0.2) is 59.6 Å². The zero-order chi connectivity index (χ0) is 18.0. The molecule has 5 nitrogen and oxygen atoms in total. The van der Waals surface area contributed by atoms with Crippen LogP contribution in [0.25, 0.3) is 10.9 Å². The number of aromatic amines is 1. The van der Waals surface area contributed by atoms with Gasteiger partial charge in [-0.2, -0.15) is 4.31 Å². The van der Waals surface area contributed by atoms with Crippen LogP contribution in [-0.4, -0.2) is 30.8 Å². The number of hydrogen-bond donors (Lipinski definition) is 2. The number of fused-ring (bicyclic) bond motifs is 1. The number of benzene rings is 2. The first-order chi connectivity index (χ1) is 12.6. The largest absolute Gasteiger partial charge is 0.361 e. The highest BCUT2D eigenvalue weighted by molar-refractivity contribution is 7.89. The zero-order valence-corrected chi connectivity index (χ0v) is 15.4. The summed E-state index contributed by atoms with van der Waals surface area (Å²) in [4.78, 5) is 3.61. The van der Waals surface area contributed by atoms with Crippen LogP contribution >= 0.6 is 0 Å². The Hall–Kier alpha value is -2.15. The quantitative estimate of drug-likeness (QED) is 0.701. The average molecular weight is 369 g/mol. The van der Waals surface area contributed by atoms with Gasteiger partial charge in [0.1, 0.15) is 0 Å². The van der Waals surface area contributed by atoms with Gasteiger partial charge in [-0.15, -0.1) is 0 Å². The fourth-order valence-electron chi connectivity index (χ4n) is 3.50. The Bertz CT molecular complexity index is 987. The molecule has 2 heterocycles. The van der Waals surface area contributed by atoms with E-state index in [2.05, 4.69) is 28.5 Å². The molecule has 26 heavy (non-hydrogen) atoms. The minimum atomic E-state index is -3.33. The Kier molecular flexibility index (Phi) is 4.80. The minimum Gasteiger partial charge on any atom is -0.361 e. The number of nitrogens with one attached hydrogen (secondary N) is 2. The van der Waals surface area contributed by atoms with Crippen molar-refractivity contribution < 1.29 is 8.42 Å². The SMILES string of the molecule is O=S(=O)(c1ccc(CNCc2cccc3[nH]ccc23)cc1)N1CCCC1. The van der Waals surface area contributed by atoms with Gasteiger partial charge in [0, 0.05) is 43.3 Å². The van der Waals surface area contributed by atoms with E-state index in [1.807, 2.05) is 24.4 Å². The highest BCUT2D eigenvalue weighted by atomic mass is 32.2. The average Bonchev–Trinajstić information content (AvgIpc) is 3.34. The highest BCUT2D eigenvalue weighted by Gasteiger charge is 2.26. The lowest BCUT2D eigenvalue weighted by Gasteiger charge is -2.15. The van der Waals surface area contributed by atoms with E-state index in [0.717, 1.165) is 30.5 Å². The molecule has 6 heteroatoms. The second-order valence-corrected chi connectivity index (χ2v) is 8.65. The molecule has 0 saturated carbocycles. The van der Waals surface area contributed by atoms with Gasteiger partial charge in [0.2, 0.25) is 10.0 Å². The highest BCUT2D eigenvalue weighted by Crippen LogP contribution is 2.21. The number of rotatable bonds is 6.